The number of aryl methyl sites for hydroxylation is 1. The van der Waals surface area contributed by atoms with Gasteiger partial charge >= 0.3 is 0 Å². The molecule has 0 heterocycles. The second kappa shape index (κ2) is 8.36. The zero-order valence-electron chi connectivity index (χ0n) is 12.3. The van der Waals surface area contributed by atoms with Crippen LogP contribution in [0.25, 0.3) is 0 Å². The molecule has 7 N–H and O–H groups in total. The molecular formula is C14H23ClN6. The summed E-state index contributed by atoms with van der Waals surface area (Å²) in [6.45, 7) is 2.17. The SMILES string of the molecule is CCCCCCc1cc(Cl)ccc1N(N=C(N)N)C(=N)N. The maximum atomic E-state index is 7.63. The van der Waals surface area contributed by atoms with Crippen molar-refractivity contribution in [1.29, 1.82) is 5.41 Å². The van der Waals surface area contributed by atoms with Crippen molar-refractivity contribution < 1.29 is 0 Å². The molecule has 116 valence electrons. The van der Waals surface area contributed by atoms with Gasteiger partial charge in [0.2, 0.25) is 11.9 Å². The molecule has 0 aliphatic heterocycles. The molecule has 0 amide bonds. The highest BCUT2D eigenvalue weighted by molar-refractivity contribution is 6.30. The third kappa shape index (κ3) is 5.51. The van der Waals surface area contributed by atoms with Gasteiger partial charge < -0.3 is 17.2 Å². The number of anilines is 1. The molecule has 0 aliphatic rings. The third-order valence-corrected chi connectivity index (χ3v) is 3.25. The molecule has 0 spiro atoms. The Morgan fingerprint density at radius 3 is 2.52 bits per heavy atom. The van der Waals surface area contributed by atoms with Crippen LogP contribution in [0, 0.1) is 5.41 Å². The van der Waals surface area contributed by atoms with Gasteiger partial charge in [0.25, 0.3) is 0 Å². The van der Waals surface area contributed by atoms with E-state index in [1.807, 2.05) is 6.07 Å². The number of hydrogen-bond donors (Lipinski definition) is 4. The molecule has 0 fully saturated rings. The average molecular weight is 311 g/mol. The van der Waals surface area contributed by atoms with Crippen LogP contribution >= 0.6 is 11.6 Å². The van der Waals surface area contributed by atoms with Gasteiger partial charge in [0.15, 0.2) is 0 Å². The summed E-state index contributed by atoms with van der Waals surface area (Å²) < 4.78 is 0. The minimum atomic E-state index is -0.250. The molecule has 0 atom stereocenters. The van der Waals surface area contributed by atoms with E-state index in [4.69, 9.17) is 34.2 Å². The van der Waals surface area contributed by atoms with Crippen molar-refractivity contribution in [1.82, 2.24) is 0 Å². The number of hydrazone groups is 1. The fourth-order valence-corrected chi connectivity index (χ4v) is 2.25. The van der Waals surface area contributed by atoms with Crippen LogP contribution in [0.15, 0.2) is 23.3 Å². The Morgan fingerprint density at radius 2 is 1.95 bits per heavy atom. The Labute approximate surface area is 130 Å². The van der Waals surface area contributed by atoms with Crippen molar-refractivity contribution in [2.45, 2.75) is 39.0 Å². The Hall–Kier alpha value is -1.95. The van der Waals surface area contributed by atoms with E-state index in [9.17, 15) is 0 Å². The van der Waals surface area contributed by atoms with Gasteiger partial charge in [-0.05, 0) is 36.6 Å². The summed E-state index contributed by atoms with van der Waals surface area (Å²) in [5.74, 6) is -0.405. The second-order valence-electron chi connectivity index (χ2n) is 4.81. The highest BCUT2D eigenvalue weighted by Crippen LogP contribution is 2.26. The van der Waals surface area contributed by atoms with Crippen LogP contribution in [-0.4, -0.2) is 11.9 Å². The highest BCUT2D eigenvalue weighted by Gasteiger charge is 2.14. The number of hydrogen-bond acceptors (Lipinski definition) is 2. The van der Waals surface area contributed by atoms with Crippen molar-refractivity contribution in [2.75, 3.05) is 5.01 Å². The molecule has 6 nitrogen and oxygen atoms in total. The molecule has 0 aliphatic carbocycles. The zero-order valence-corrected chi connectivity index (χ0v) is 13.0. The number of nitrogens with zero attached hydrogens (tertiary/aromatic N) is 2. The summed E-state index contributed by atoms with van der Waals surface area (Å²) in [4.78, 5) is 0. The van der Waals surface area contributed by atoms with Gasteiger partial charge in [-0.2, -0.15) is 5.01 Å². The van der Waals surface area contributed by atoms with Crippen LogP contribution in [0.3, 0.4) is 0 Å². The number of nitrogens with one attached hydrogen (secondary N) is 1. The fraction of sp³-hybridized carbons (Fsp3) is 0.429. The van der Waals surface area contributed by atoms with Crippen LogP contribution in [0.1, 0.15) is 38.2 Å². The number of unbranched alkanes of at least 4 members (excludes halogenated alkanes) is 3. The lowest BCUT2D eigenvalue weighted by atomic mass is 10.0. The van der Waals surface area contributed by atoms with Crippen LogP contribution in [-0.2, 0) is 6.42 Å². The second-order valence-corrected chi connectivity index (χ2v) is 5.24. The molecule has 1 aromatic rings. The fourth-order valence-electron chi connectivity index (χ4n) is 2.06. The van der Waals surface area contributed by atoms with E-state index in [0.717, 1.165) is 24.8 Å². The van der Waals surface area contributed by atoms with Crippen molar-refractivity contribution in [3.63, 3.8) is 0 Å². The zero-order chi connectivity index (χ0) is 15.8. The maximum absolute atomic E-state index is 7.63. The van der Waals surface area contributed by atoms with Crippen molar-refractivity contribution >= 4 is 29.2 Å². The maximum Gasteiger partial charge on any atom is 0.214 e. The van der Waals surface area contributed by atoms with Gasteiger partial charge in [0.1, 0.15) is 0 Å². The molecular weight excluding hydrogens is 288 g/mol. The van der Waals surface area contributed by atoms with Gasteiger partial charge in [-0.25, -0.2) is 0 Å². The van der Waals surface area contributed by atoms with Crippen LogP contribution < -0.4 is 22.2 Å². The number of nitrogens with two attached hydrogens (primary N) is 3. The Bertz CT molecular complexity index is 510. The largest absolute Gasteiger partial charge is 0.369 e. The van der Waals surface area contributed by atoms with Crippen molar-refractivity contribution in [3.8, 4) is 0 Å². The van der Waals surface area contributed by atoms with Crippen LogP contribution in [0.5, 0.6) is 0 Å². The van der Waals surface area contributed by atoms with Crippen LogP contribution in [0.4, 0.5) is 5.69 Å². The summed E-state index contributed by atoms with van der Waals surface area (Å²) in [6.07, 6.45) is 5.38. The first-order chi connectivity index (χ1) is 9.95. The lowest BCUT2D eigenvalue weighted by Gasteiger charge is -2.20. The summed E-state index contributed by atoms with van der Waals surface area (Å²) in [5.41, 5.74) is 18.0. The first-order valence-corrected chi connectivity index (χ1v) is 7.35. The van der Waals surface area contributed by atoms with E-state index in [1.54, 1.807) is 12.1 Å². The summed E-state index contributed by atoms with van der Waals surface area (Å²) in [5, 5.41) is 13.4. The molecule has 1 rings (SSSR count). The Balaban J connectivity index is 3.03. The Morgan fingerprint density at radius 1 is 1.24 bits per heavy atom. The Kier molecular flexibility index (Phi) is 6.81. The molecule has 0 radical (unpaired) electrons. The van der Waals surface area contributed by atoms with E-state index in [1.165, 1.54) is 17.9 Å². The molecule has 0 aromatic heterocycles. The van der Waals surface area contributed by atoms with Gasteiger partial charge in [-0.15, -0.1) is 5.10 Å². The summed E-state index contributed by atoms with van der Waals surface area (Å²) in [6, 6.07) is 5.36. The molecule has 1 aromatic carbocycles. The summed E-state index contributed by atoms with van der Waals surface area (Å²) in [7, 11) is 0. The minimum Gasteiger partial charge on any atom is -0.369 e. The van der Waals surface area contributed by atoms with Gasteiger partial charge in [0.05, 0.1) is 5.69 Å². The number of benzene rings is 1. The number of halogens is 1. The quantitative estimate of drug-likeness (QED) is 0.267. The molecule has 0 unspecified atom stereocenters. The molecule has 0 saturated heterocycles. The van der Waals surface area contributed by atoms with Gasteiger partial charge in [-0.1, -0.05) is 37.8 Å². The van der Waals surface area contributed by atoms with E-state index in [2.05, 4.69) is 12.0 Å². The monoisotopic (exact) mass is 310 g/mol. The summed E-state index contributed by atoms with van der Waals surface area (Å²) >= 11 is 6.06. The highest BCUT2D eigenvalue weighted by atomic mass is 35.5. The van der Waals surface area contributed by atoms with Gasteiger partial charge in [-0.3, -0.25) is 5.41 Å². The van der Waals surface area contributed by atoms with E-state index in [0.29, 0.717) is 10.7 Å². The minimum absolute atomic E-state index is 0.155. The van der Waals surface area contributed by atoms with Crippen molar-refractivity contribution in [2.24, 2.45) is 22.3 Å². The number of rotatable bonds is 7. The topological polar surface area (TPSA) is 118 Å². The lowest BCUT2D eigenvalue weighted by Crippen LogP contribution is -2.37. The molecule has 21 heavy (non-hydrogen) atoms. The van der Waals surface area contributed by atoms with Crippen molar-refractivity contribution in [3.05, 3.63) is 28.8 Å². The normalized spacial score (nSPS) is 10.2. The first-order valence-electron chi connectivity index (χ1n) is 6.97. The number of guanidine groups is 2. The van der Waals surface area contributed by atoms with E-state index in [-0.39, 0.29) is 11.9 Å². The predicted molar refractivity (Wildman–Crippen MR) is 89.5 cm³/mol. The third-order valence-electron chi connectivity index (χ3n) is 3.01. The lowest BCUT2D eigenvalue weighted by molar-refractivity contribution is 0.666. The molecule has 0 bridgehead atoms. The van der Waals surface area contributed by atoms with Gasteiger partial charge in [0, 0.05) is 5.02 Å². The van der Waals surface area contributed by atoms with Crippen LogP contribution in [0.2, 0.25) is 5.02 Å². The standard InChI is InChI=1S/C14H23ClN6/c1-2-3-4-5-6-10-9-11(15)7-8-12(10)21(14(18)19)20-13(16)17/h7-9H,2-6H2,1H3,(H3,18,19)(H4,16,17,20). The predicted octanol–water partition coefficient (Wildman–Crippen LogP) is 2.35. The van der Waals surface area contributed by atoms with E-state index < -0.39 is 0 Å². The van der Waals surface area contributed by atoms with E-state index >= 15 is 0 Å². The molecule has 0 saturated carbocycles. The smallest absolute Gasteiger partial charge is 0.214 e. The first kappa shape index (κ1) is 17.1. The molecule has 7 heteroatoms. The average Bonchev–Trinajstić information content (AvgIpc) is 2.41.